The third-order valence-corrected chi connectivity index (χ3v) is 7.29. The summed E-state index contributed by atoms with van der Waals surface area (Å²) in [5.74, 6) is 0.426. The molecule has 0 saturated heterocycles. The number of hydrogen-bond acceptors (Lipinski definition) is 2. The molecule has 0 saturated carbocycles. The topological polar surface area (TPSA) is 40.8 Å². The molecule has 0 aliphatic carbocycles. The van der Waals surface area contributed by atoms with Crippen molar-refractivity contribution in [2.45, 2.75) is 26.7 Å². The van der Waals surface area contributed by atoms with Crippen molar-refractivity contribution in [1.82, 2.24) is 0 Å². The summed E-state index contributed by atoms with van der Waals surface area (Å²) in [5, 5.41) is 14.6. The van der Waals surface area contributed by atoms with Crippen molar-refractivity contribution < 1.29 is 8.98 Å². The van der Waals surface area contributed by atoms with Crippen molar-refractivity contribution in [3.05, 3.63) is 102 Å². The summed E-state index contributed by atoms with van der Waals surface area (Å²) < 4.78 is 8.76. The molecule has 0 aliphatic heterocycles. The van der Waals surface area contributed by atoms with E-state index in [1.54, 1.807) is 0 Å². The molecule has 6 rings (SSSR count). The molecule has 0 fully saturated rings. The van der Waals surface area contributed by atoms with Gasteiger partial charge in [0, 0.05) is 28.5 Å². The van der Waals surface area contributed by atoms with Crippen molar-refractivity contribution in [1.29, 1.82) is 5.26 Å². The van der Waals surface area contributed by atoms with Gasteiger partial charge in [-0.1, -0.05) is 68.4 Å². The predicted molar refractivity (Wildman–Crippen MR) is 147 cm³/mol. The van der Waals surface area contributed by atoms with Gasteiger partial charge < -0.3 is 4.42 Å². The number of nitriles is 1. The molecule has 0 spiro atoms. The standard InChI is InChI=1S/C33H27N2O/c1-20(2)23-15-16-35(4)30(18-23)31-21(3)9-12-28-27-14-13-26(29(19-34)32(27)36-33(28)31)25-11-10-22-7-5-6-8-24(22)17-25/h5-18,20H,1-4H3/q+1. The van der Waals surface area contributed by atoms with Crippen molar-refractivity contribution in [3.63, 3.8) is 0 Å². The fourth-order valence-electron chi connectivity index (χ4n) is 5.22. The Hall–Kier alpha value is -4.42. The highest BCUT2D eigenvalue weighted by molar-refractivity contribution is 6.12. The average Bonchev–Trinajstić information content (AvgIpc) is 3.27. The molecule has 2 aromatic heterocycles. The molecule has 3 heteroatoms. The van der Waals surface area contributed by atoms with Gasteiger partial charge in [-0.3, -0.25) is 0 Å². The van der Waals surface area contributed by atoms with Crippen molar-refractivity contribution in [3.8, 4) is 28.5 Å². The molecule has 0 radical (unpaired) electrons. The molecule has 0 N–H and O–H groups in total. The van der Waals surface area contributed by atoms with E-state index in [0.29, 0.717) is 17.1 Å². The fraction of sp³-hybridized carbons (Fsp3) is 0.152. The quantitative estimate of drug-likeness (QED) is 0.246. The zero-order valence-electron chi connectivity index (χ0n) is 21.0. The van der Waals surface area contributed by atoms with Crippen LogP contribution >= 0.6 is 0 Å². The van der Waals surface area contributed by atoms with E-state index < -0.39 is 0 Å². The molecule has 0 bridgehead atoms. The van der Waals surface area contributed by atoms with Crippen molar-refractivity contribution in [2.24, 2.45) is 7.05 Å². The Kier molecular flexibility index (Phi) is 5.12. The van der Waals surface area contributed by atoms with E-state index in [4.69, 9.17) is 4.42 Å². The van der Waals surface area contributed by atoms with Gasteiger partial charge in [0.05, 0.1) is 5.56 Å². The first-order valence-electron chi connectivity index (χ1n) is 12.3. The maximum atomic E-state index is 10.3. The highest BCUT2D eigenvalue weighted by atomic mass is 16.3. The van der Waals surface area contributed by atoms with Crippen LogP contribution in [-0.4, -0.2) is 0 Å². The monoisotopic (exact) mass is 467 g/mol. The second-order valence-corrected chi connectivity index (χ2v) is 9.89. The summed E-state index contributed by atoms with van der Waals surface area (Å²) in [5.41, 5.74) is 8.56. The second kappa shape index (κ2) is 8.36. The number of pyridine rings is 1. The van der Waals surface area contributed by atoms with Crippen LogP contribution in [-0.2, 0) is 7.05 Å². The van der Waals surface area contributed by atoms with Gasteiger partial charge in [-0.2, -0.15) is 5.26 Å². The summed E-state index contributed by atoms with van der Waals surface area (Å²) in [6.45, 7) is 6.54. The normalized spacial score (nSPS) is 11.6. The fourth-order valence-corrected chi connectivity index (χ4v) is 5.22. The van der Waals surface area contributed by atoms with Gasteiger partial charge in [-0.15, -0.1) is 0 Å². The Morgan fingerprint density at radius 3 is 2.36 bits per heavy atom. The molecule has 0 unspecified atom stereocenters. The molecule has 174 valence electrons. The first kappa shape index (κ1) is 22.1. The maximum Gasteiger partial charge on any atom is 0.216 e. The zero-order chi connectivity index (χ0) is 25.0. The van der Waals surface area contributed by atoms with Gasteiger partial charge in [-0.25, -0.2) is 4.57 Å². The Balaban J connectivity index is 1.63. The van der Waals surface area contributed by atoms with E-state index in [1.807, 2.05) is 12.1 Å². The Morgan fingerprint density at radius 2 is 1.58 bits per heavy atom. The van der Waals surface area contributed by atoms with E-state index in [9.17, 15) is 5.26 Å². The largest absolute Gasteiger partial charge is 0.454 e. The van der Waals surface area contributed by atoms with Crippen molar-refractivity contribution in [2.75, 3.05) is 0 Å². The van der Waals surface area contributed by atoms with Gasteiger partial charge >= 0.3 is 0 Å². The number of nitrogens with zero attached hydrogens (tertiary/aromatic N) is 2. The Labute approximate surface area is 210 Å². The van der Waals surface area contributed by atoms with Crippen LogP contribution in [0.3, 0.4) is 0 Å². The molecule has 0 aliphatic rings. The van der Waals surface area contributed by atoms with Gasteiger partial charge in [0.15, 0.2) is 11.8 Å². The lowest BCUT2D eigenvalue weighted by Gasteiger charge is -2.09. The number of benzene rings is 4. The first-order valence-corrected chi connectivity index (χ1v) is 12.3. The predicted octanol–water partition coefficient (Wildman–Crippen LogP) is 8.20. The molecule has 4 aromatic carbocycles. The van der Waals surface area contributed by atoms with Gasteiger partial charge in [-0.05, 0) is 52.4 Å². The molecule has 0 atom stereocenters. The maximum absolute atomic E-state index is 10.3. The third-order valence-electron chi connectivity index (χ3n) is 7.29. The molecule has 2 heterocycles. The molecule has 6 aromatic rings. The SMILES string of the molecule is Cc1ccc2c(oc3c(C#N)c(-c4ccc5ccccc5c4)ccc32)c1-c1cc(C(C)C)cc[n+]1C. The van der Waals surface area contributed by atoms with Crippen LogP contribution in [0.2, 0.25) is 0 Å². The van der Waals surface area contributed by atoms with E-state index >= 15 is 0 Å². The van der Waals surface area contributed by atoms with Crippen LogP contribution in [0, 0.1) is 18.3 Å². The minimum atomic E-state index is 0.426. The lowest BCUT2D eigenvalue weighted by Crippen LogP contribution is -2.31. The van der Waals surface area contributed by atoms with E-state index in [1.165, 1.54) is 10.9 Å². The van der Waals surface area contributed by atoms with Crippen LogP contribution in [0.5, 0.6) is 0 Å². The van der Waals surface area contributed by atoms with Gasteiger partial charge in [0.1, 0.15) is 24.3 Å². The van der Waals surface area contributed by atoms with Crippen LogP contribution in [0.25, 0.3) is 55.1 Å². The van der Waals surface area contributed by atoms with Crippen LogP contribution in [0.15, 0.2) is 89.5 Å². The first-order chi connectivity index (χ1) is 17.5. The number of rotatable bonds is 3. The number of aryl methyl sites for hydroxylation is 2. The van der Waals surface area contributed by atoms with Gasteiger partial charge in [0.25, 0.3) is 0 Å². The molecule has 36 heavy (non-hydrogen) atoms. The average molecular weight is 468 g/mol. The molecular weight excluding hydrogens is 440 g/mol. The second-order valence-electron chi connectivity index (χ2n) is 9.89. The zero-order valence-corrected chi connectivity index (χ0v) is 21.0. The third kappa shape index (κ3) is 3.38. The van der Waals surface area contributed by atoms with Gasteiger partial charge in [0.2, 0.25) is 5.69 Å². The number of fused-ring (bicyclic) bond motifs is 4. The highest BCUT2D eigenvalue weighted by Gasteiger charge is 2.23. The molecule has 0 amide bonds. The van der Waals surface area contributed by atoms with E-state index in [2.05, 4.69) is 111 Å². The summed E-state index contributed by atoms with van der Waals surface area (Å²) >= 11 is 0. The Bertz CT molecular complexity index is 1850. The number of hydrogen-bond donors (Lipinski definition) is 0. The molecular formula is C33H27N2O+. The lowest BCUT2D eigenvalue weighted by molar-refractivity contribution is -0.660. The van der Waals surface area contributed by atoms with Crippen LogP contribution in [0.4, 0.5) is 0 Å². The summed E-state index contributed by atoms with van der Waals surface area (Å²) in [6.07, 6.45) is 2.12. The number of aromatic nitrogens is 1. The van der Waals surface area contributed by atoms with Crippen LogP contribution in [0.1, 0.15) is 36.5 Å². The minimum Gasteiger partial charge on any atom is -0.454 e. The molecule has 3 nitrogen and oxygen atoms in total. The summed E-state index contributed by atoms with van der Waals surface area (Å²) in [4.78, 5) is 0. The Morgan fingerprint density at radius 1 is 0.833 bits per heavy atom. The summed E-state index contributed by atoms with van der Waals surface area (Å²) in [7, 11) is 2.07. The van der Waals surface area contributed by atoms with E-state index in [-0.39, 0.29) is 0 Å². The van der Waals surface area contributed by atoms with E-state index in [0.717, 1.165) is 49.7 Å². The number of furan rings is 1. The smallest absolute Gasteiger partial charge is 0.216 e. The minimum absolute atomic E-state index is 0.426. The van der Waals surface area contributed by atoms with Crippen molar-refractivity contribution >= 4 is 32.7 Å². The lowest BCUT2D eigenvalue weighted by atomic mass is 9.94. The summed E-state index contributed by atoms with van der Waals surface area (Å²) in [6, 6.07) is 29.9. The highest BCUT2D eigenvalue weighted by Crippen LogP contribution is 2.41. The van der Waals surface area contributed by atoms with Crippen LogP contribution < -0.4 is 4.57 Å².